The summed E-state index contributed by atoms with van der Waals surface area (Å²) in [5, 5.41) is 3.42. The fourth-order valence-electron chi connectivity index (χ4n) is 3.60. The maximum absolute atomic E-state index is 13.1. The molecule has 1 unspecified atom stereocenters. The molecule has 116 valence electrons. The molecule has 0 bridgehead atoms. The summed E-state index contributed by atoms with van der Waals surface area (Å²) in [4.78, 5) is 15.0. The number of nitrogens with zero attached hydrogens (tertiary/aromatic N) is 1. The molecule has 1 heterocycles. The Labute approximate surface area is 128 Å². The van der Waals surface area contributed by atoms with Gasteiger partial charge >= 0.3 is 0 Å². The molecule has 0 spiro atoms. The van der Waals surface area contributed by atoms with Gasteiger partial charge in [-0.05, 0) is 51.3 Å². The normalized spacial score (nSPS) is 22.1. The minimum absolute atomic E-state index is 0.223. The Hall–Kier alpha value is -1.35. The van der Waals surface area contributed by atoms with Crippen LogP contribution in [0.2, 0.25) is 0 Å². The van der Waals surface area contributed by atoms with Crippen LogP contribution in [0.3, 0.4) is 0 Å². The highest BCUT2D eigenvalue weighted by atomic mass is 16.2. The highest BCUT2D eigenvalue weighted by molar-refractivity contribution is 5.98. The zero-order valence-electron chi connectivity index (χ0n) is 13.8. The zero-order valence-corrected chi connectivity index (χ0v) is 13.8. The van der Waals surface area contributed by atoms with E-state index in [4.69, 9.17) is 0 Å². The van der Waals surface area contributed by atoms with Gasteiger partial charge in [-0.1, -0.05) is 31.0 Å². The van der Waals surface area contributed by atoms with Crippen molar-refractivity contribution in [3.05, 3.63) is 29.3 Å². The second-order valence-corrected chi connectivity index (χ2v) is 6.46. The van der Waals surface area contributed by atoms with E-state index in [9.17, 15) is 4.79 Å². The summed E-state index contributed by atoms with van der Waals surface area (Å²) < 4.78 is 0. The van der Waals surface area contributed by atoms with Crippen LogP contribution in [0, 0.1) is 19.3 Å². The molecule has 1 fully saturated rings. The summed E-state index contributed by atoms with van der Waals surface area (Å²) in [5.74, 6) is 0.267. The molecule has 1 aromatic carbocycles. The molecular weight excluding hydrogens is 260 g/mol. The van der Waals surface area contributed by atoms with Crippen LogP contribution in [0.25, 0.3) is 0 Å². The summed E-state index contributed by atoms with van der Waals surface area (Å²) in [6.45, 7) is 8.18. The van der Waals surface area contributed by atoms with Gasteiger partial charge in [0.05, 0.1) is 5.41 Å². The average molecular weight is 288 g/mol. The van der Waals surface area contributed by atoms with Gasteiger partial charge < -0.3 is 10.2 Å². The summed E-state index contributed by atoms with van der Waals surface area (Å²) in [6.07, 6.45) is 4.11. The van der Waals surface area contributed by atoms with E-state index in [1.807, 2.05) is 11.9 Å². The fraction of sp³-hybridized carbons (Fsp3) is 0.611. The Bertz CT molecular complexity index is 498. The first kappa shape index (κ1) is 16.0. The molecule has 1 aliphatic rings. The molecule has 0 aliphatic carbocycles. The topological polar surface area (TPSA) is 32.3 Å². The van der Waals surface area contributed by atoms with Gasteiger partial charge in [0.15, 0.2) is 0 Å². The van der Waals surface area contributed by atoms with Crippen molar-refractivity contribution in [1.29, 1.82) is 0 Å². The van der Waals surface area contributed by atoms with Gasteiger partial charge in [-0.25, -0.2) is 0 Å². The van der Waals surface area contributed by atoms with Crippen LogP contribution >= 0.6 is 0 Å². The molecule has 0 aromatic heterocycles. The molecule has 2 rings (SSSR count). The van der Waals surface area contributed by atoms with Gasteiger partial charge in [-0.2, -0.15) is 0 Å². The number of aryl methyl sites for hydroxylation is 2. The predicted molar refractivity (Wildman–Crippen MR) is 88.8 cm³/mol. The summed E-state index contributed by atoms with van der Waals surface area (Å²) in [7, 11) is 1.92. The first-order chi connectivity index (χ1) is 10.00. The van der Waals surface area contributed by atoms with Crippen molar-refractivity contribution in [3.63, 3.8) is 0 Å². The van der Waals surface area contributed by atoms with Crippen molar-refractivity contribution in [2.24, 2.45) is 5.41 Å². The lowest BCUT2D eigenvalue weighted by Crippen LogP contribution is -2.51. The van der Waals surface area contributed by atoms with Crippen LogP contribution < -0.4 is 10.2 Å². The van der Waals surface area contributed by atoms with Crippen LogP contribution in [-0.2, 0) is 4.79 Å². The van der Waals surface area contributed by atoms with E-state index in [0.29, 0.717) is 0 Å². The van der Waals surface area contributed by atoms with Gasteiger partial charge in [0.1, 0.15) is 0 Å². The summed E-state index contributed by atoms with van der Waals surface area (Å²) >= 11 is 0. The number of piperidine rings is 1. The van der Waals surface area contributed by atoms with Gasteiger partial charge in [0.25, 0.3) is 0 Å². The maximum atomic E-state index is 13.1. The highest BCUT2D eigenvalue weighted by Crippen LogP contribution is 2.35. The first-order valence-corrected chi connectivity index (χ1v) is 8.06. The summed E-state index contributed by atoms with van der Waals surface area (Å²) in [5.41, 5.74) is 3.21. The number of benzene rings is 1. The second kappa shape index (κ2) is 6.61. The molecule has 21 heavy (non-hydrogen) atoms. The van der Waals surface area contributed by atoms with Gasteiger partial charge in [-0.15, -0.1) is 0 Å². The lowest BCUT2D eigenvalue weighted by molar-refractivity contribution is -0.129. The van der Waals surface area contributed by atoms with Crippen LogP contribution in [0.1, 0.15) is 43.7 Å². The molecular formula is C18H28N2O. The maximum Gasteiger partial charge on any atom is 0.234 e. The van der Waals surface area contributed by atoms with Gasteiger partial charge in [-0.3, -0.25) is 4.79 Å². The molecule has 1 N–H and O–H groups in total. The smallest absolute Gasteiger partial charge is 0.234 e. The standard InChI is InChI=1S/C18H28N2O/c1-5-9-18(10-6-11-19-13-18)17(21)20(4)16-8-7-14(2)12-15(16)3/h7-8,12,19H,5-6,9-11,13H2,1-4H3. The SMILES string of the molecule is CCCC1(C(=O)N(C)c2ccc(C)cc2C)CCCNC1. The van der Waals surface area contributed by atoms with Crippen molar-refractivity contribution in [2.75, 3.05) is 25.0 Å². The lowest BCUT2D eigenvalue weighted by atomic mass is 9.75. The van der Waals surface area contributed by atoms with Crippen molar-refractivity contribution in [2.45, 2.75) is 46.5 Å². The van der Waals surface area contributed by atoms with E-state index in [1.54, 1.807) is 0 Å². The second-order valence-electron chi connectivity index (χ2n) is 6.46. The van der Waals surface area contributed by atoms with Crippen molar-refractivity contribution < 1.29 is 4.79 Å². The van der Waals surface area contributed by atoms with E-state index < -0.39 is 0 Å². The van der Waals surface area contributed by atoms with E-state index in [-0.39, 0.29) is 11.3 Å². The number of rotatable bonds is 4. The Morgan fingerprint density at radius 1 is 1.38 bits per heavy atom. The molecule has 1 aliphatic heterocycles. The largest absolute Gasteiger partial charge is 0.316 e. The van der Waals surface area contributed by atoms with Gasteiger partial charge in [0.2, 0.25) is 5.91 Å². The van der Waals surface area contributed by atoms with Crippen LogP contribution in [0.15, 0.2) is 18.2 Å². The van der Waals surface area contributed by atoms with Crippen molar-refractivity contribution >= 4 is 11.6 Å². The van der Waals surface area contributed by atoms with Crippen LogP contribution in [-0.4, -0.2) is 26.0 Å². The third-order valence-corrected chi connectivity index (χ3v) is 4.67. The Morgan fingerprint density at radius 3 is 2.71 bits per heavy atom. The number of hydrogen-bond donors (Lipinski definition) is 1. The Kier molecular flexibility index (Phi) is 5.04. The molecule has 1 atom stereocenters. The third kappa shape index (κ3) is 3.29. The van der Waals surface area contributed by atoms with Crippen molar-refractivity contribution in [1.82, 2.24) is 5.32 Å². The van der Waals surface area contributed by atoms with Gasteiger partial charge in [0, 0.05) is 19.3 Å². The molecule has 1 aromatic rings. The van der Waals surface area contributed by atoms with E-state index >= 15 is 0 Å². The van der Waals surface area contributed by atoms with E-state index in [1.165, 1.54) is 11.1 Å². The van der Waals surface area contributed by atoms with Crippen molar-refractivity contribution in [3.8, 4) is 0 Å². The number of amides is 1. The monoisotopic (exact) mass is 288 g/mol. The molecule has 1 saturated heterocycles. The summed E-state index contributed by atoms with van der Waals surface area (Å²) in [6, 6.07) is 6.29. The number of carbonyl (C=O) groups is 1. The lowest BCUT2D eigenvalue weighted by Gasteiger charge is -2.39. The zero-order chi connectivity index (χ0) is 15.5. The van der Waals surface area contributed by atoms with E-state index in [0.717, 1.165) is 44.5 Å². The third-order valence-electron chi connectivity index (χ3n) is 4.67. The average Bonchev–Trinajstić information content (AvgIpc) is 2.47. The quantitative estimate of drug-likeness (QED) is 0.920. The number of nitrogens with one attached hydrogen (secondary N) is 1. The highest BCUT2D eigenvalue weighted by Gasteiger charge is 2.40. The van der Waals surface area contributed by atoms with Crippen LogP contribution in [0.5, 0.6) is 0 Å². The fourth-order valence-corrected chi connectivity index (χ4v) is 3.60. The molecule has 0 saturated carbocycles. The Balaban J connectivity index is 2.27. The molecule has 3 heteroatoms. The molecule has 0 radical (unpaired) electrons. The predicted octanol–water partition coefficient (Wildman–Crippen LogP) is 3.44. The number of hydrogen-bond acceptors (Lipinski definition) is 2. The minimum atomic E-state index is -0.223. The number of anilines is 1. The molecule has 3 nitrogen and oxygen atoms in total. The van der Waals surface area contributed by atoms with E-state index in [2.05, 4.69) is 44.3 Å². The Morgan fingerprint density at radius 2 is 2.14 bits per heavy atom. The first-order valence-electron chi connectivity index (χ1n) is 8.06. The number of carbonyl (C=O) groups excluding carboxylic acids is 1. The van der Waals surface area contributed by atoms with Crippen LogP contribution in [0.4, 0.5) is 5.69 Å². The molecule has 1 amide bonds. The minimum Gasteiger partial charge on any atom is -0.316 e.